The zero-order valence-electron chi connectivity index (χ0n) is 10.7. The van der Waals surface area contributed by atoms with Crippen LogP contribution in [0.1, 0.15) is 18.5 Å². The van der Waals surface area contributed by atoms with Crippen molar-refractivity contribution in [1.82, 2.24) is 10.6 Å². The number of amides is 1. The Morgan fingerprint density at radius 1 is 1.39 bits per heavy atom. The quantitative estimate of drug-likeness (QED) is 0.720. The molecule has 18 heavy (non-hydrogen) atoms. The third-order valence-corrected chi connectivity index (χ3v) is 2.52. The number of halogens is 1. The van der Waals surface area contributed by atoms with Crippen LogP contribution >= 0.6 is 0 Å². The summed E-state index contributed by atoms with van der Waals surface area (Å²) in [7, 11) is 1.61. The van der Waals surface area contributed by atoms with Crippen molar-refractivity contribution in [3.8, 4) is 0 Å². The number of rotatable bonds is 7. The summed E-state index contributed by atoms with van der Waals surface area (Å²) in [4.78, 5) is 11.6. The van der Waals surface area contributed by atoms with Crippen molar-refractivity contribution in [3.63, 3.8) is 0 Å². The molecule has 4 nitrogen and oxygen atoms in total. The van der Waals surface area contributed by atoms with Gasteiger partial charge in [0.25, 0.3) is 0 Å². The lowest BCUT2D eigenvalue weighted by molar-refractivity contribution is -0.120. The van der Waals surface area contributed by atoms with Crippen LogP contribution in [0.5, 0.6) is 0 Å². The number of hydrogen-bond donors (Lipinski definition) is 2. The predicted molar refractivity (Wildman–Crippen MR) is 67.7 cm³/mol. The molecular formula is C13H19FN2O2. The zero-order chi connectivity index (χ0) is 13.4. The molecule has 0 aromatic heterocycles. The van der Waals surface area contributed by atoms with Crippen LogP contribution in [0.2, 0.25) is 0 Å². The van der Waals surface area contributed by atoms with Gasteiger partial charge in [-0.25, -0.2) is 4.39 Å². The molecule has 0 aliphatic heterocycles. The highest BCUT2D eigenvalue weighted by molar-refractivity contribution is 5.78. The Balaban J connectivity index is 2.33. The van der Waals surface area contributed by atoms with Crippen LogP contribution in [0.4, 0.5) is 4.39 Å². The summed E-state index contributed by atoms with van der Waals surface area (Å²) in [5.41, 5.74) is 0.877. The van der Waals surface area contributed by atoms with Gasteiger partial charge in [-0.2, -0.15) is 0 Å². The summed E-state index contributed by atoms with van der Waals surface area (Å²) in [5, 5.41) is 5.78. The van der Waals surface area contributed by atoms with Gasteiger partial charge in [0.2, 0.25) is 5.91 Å². The summed E-state index contributed by atoms with van der Waals surface area (Å²) in [6.45, 7) is 3.31. The molecule has 1 aromatic carbocycles. The van der Waals surface area contributed by atoms with E-state index in [1.807, 2.05) is 6.92 Å². The van der Waals surface area contributed by atoms with Crippen molar-refractivity contribution in [2.24, 2.45) is 0 Å². The number of hydrogen-bond acceptors (Lipinski definition) is 3. The number of nitrogens with one attached hydrogen (secondary N) is 2. The molecule has 0 bridgehead atoms. The van der Waals surface area contributed by atoms with Gasteiger partial charge in [-0.05, 0) is 24.6 Å². The van der Waals surface area contributed by atoms with Gasteiger partial charge in [0.15, 0.2) is 0 Å². The van der Waals surface area contributed by atoms with Gasteiger partial charge in [-0.3, -0.25) is 4.79 Å². The molecule has 0 radical (unpaired) electrons. The molecule has 0 saturated heterocycles. The van der Waals surface area contributed by atoms with Crippen LogP contribution in [0.3, 0.4) is 0 Å². The van der Waals surface area contributed by atoms with Crippen molar-refractivity contribution in [3.05, 3.63) is 35.6 Å². The van der Waals surface area contributed by atoms with Crippen molar-refractivity contribution in [2.75, 3.05) is 26.8 Å². The minimum absolute atomic E-state index is 0.0945. The van der Waals surface area contributed by atoms with E-state index >= 15 is 0 Å². The molecule has 100 valence electrons. The van der Waals surface area contributed by atoms with E-state index in [0.29, 0.717) is 13.2 Å². The highest BCUT2D eigenvalue weighted by Crippen LogP contribution is 2.12. The number of methoxy groups -OCH3 is 1. The maximum Gasteiger partial charge on any atom is 0.234 e. The molecule has 5 heteroatoms. The second kappa shape index (κ2) is 7.79. The van der Waals surface area contributed by atoms with E-state index in [0.717, 1.165) is 5.56 Å². The number of ether oxygens (including phenoxy) is 1. The smallest absolute Gasteiger partial charge is 0.234 e. The zero-order valence-corrected chi connectivity index (χ0v) is 10.7. The lowest BCUT2D eigenvalue weighted by Crippen LogP contribution is -2.36. The normalized spacial score (nSPS) is 12.2. The summed E-state index contributed by atoms with van der Waals surface area (Å²) in [6, 6.07) is 5.96. The number of carbonyl (C=O) groups excluding carboxylic acids is 1. The van der Waals surface area contributed by atoms with Gasteiger partial charge in [0.05, 0.1) is 19.2 Å². The fraction of sp³-hybridized carbons (Fsp3) is 0.462. The maximum atomic E-state index is 12.7. The molecule has 1 amide bonds. The van der Waals surface area contributed by atoms with Crippen LogP contribution in [0.25, 0.3) is 0 Å². The van der Waals surface area contributed by atoms with E-state index < -0.39 is 0 Å². The third-order valence-electron chi connectivity index (χ3n) is 2.52. The topological polar surface area (TPSA) is 50.4 Å². The molecule has 0 spiro atoms. The van der Waals surface area contributed by atoms with Crippen LogP contribution in [-0.4, -0.2) is 32.7 Å². The first-order valence-corrected chi connectivity index (χ1v) is 5.88. The fourth-order valence-electron chi connectivity index (χ4n) is 1.50. The SMILES string of the molecule is COCCNCC(=O)N[C@H](C)c1ccc(F)cc1. The Morgan fingerprint density at radius 2 is 2.06 bits per heavy atom. The molecular weight excluding hydrogens is 235 g/mol. The molecule has 1 rings (SSSR count). The number of benzene rings is 1. The molecule has 0 saturated carbocycles. The van der Waals surface area contributed by atoms with Gasteiger partial charge in [-0.15, -0.1) is 0 Å². The lowest BCUT2D eigenvalue weighted by atomic mass is 10.1. The Labute approximate surface area is 107 Å². The van der Waals surface area contributed by atoms with E-state index in [1.54, 1.807) is 19.2 Å². The highest BCUT2D eigenvalue weighted by atomic mass is 19.1. The molecule has 0 unspecified atom stereocenters. The van der Waals surface area contributed by atoms with Crippen molar-refractivity contribution < 1.29 is 13.9 Å². The Hall–Kier alpha value is -1.46. The summed E-state index contributed by atoms with van der Waals surface area (Å²) in [5.74, 6) is -0.374. The fourth-order valence-corrected chi connectivity index (χ4v) is 1.50. The average molecular weight is 254 g/mol. The van der Waals surface area contributed by atoms with E-state index in [-0.39, 0.29) is 24.3 Å². The van der Waals surface area contributed by atoms with Crippen LogP contribution in [0.15, 0.2) is 24.3 Å². The molecule has 1 atom stereocenters. The average Bonchev–Trinajstić information content (AvgIpc) is 2.35. The van der Waals surface area contributed by atoms with E-state index in [9.17, 15) is 9.18 Å². The summed E-state index contributed by atoms with van der Waals surface area (Å²) in [6.07, 6.45) is 0. The predicted octanol–water partition coefficient (Wildman–Crippen LogP) is 1.24. The van der Waals surface area contributed by atoms with Gasteiger partial charge in [0.1, 0.15) is 5.82 Å². The first-order chi connectivity index (χ1) is 8.63. The lowest BCUT2D eigenvalue weighted by Gasteiger charge is -2.14. The molecule has 0 aliphatic rings. The number of carbonyl (C=O) groups is 1. The minimum Gasteiger partial charge on any atom is -0.383 e. The molecule has 0 fully saturated rings. The van der Waals surface area contributed by atoms with Crippen molar-refractivity contribution in [1.29, 1.82) is 0 Å². The first kappa shape index (κ1) is 14.6. The van der Waals surface area contributed by atoms with E-state index in [4.69, 9.17) is 4.74 Å². The first-order valence-electron chi connectivity index (χ1n) is 5.88. The van der Waals surface area contributed by atoms with Crippen LogP contribution in [-0.2, 0) is 9.53 Å². The van der Waals surface area contributed by atoms with Gasteiger partial charge in [-0.1, -0.05) is 12.1 Å². The Bertz CT molecular complexity index is 368. The second-order valence-electron chi connectivity index (χ2n) is 4.01. The van der Waals surface area contributed by atoms with Gasteiger partial charge >= 0.3 is 0 Å². The van der Waals surface area contributed by atoms with E-state index in [1.165, 1.54) is 12.1 Å². The summed E-state index contributed by atoms with van der Waals surface area (Å²) < 4.78 is 17.6. The molecule has 0 aliphatic carbocycles. The monoisotopic (exact) mass is 254 g/mol. The Morgan fingerprint density at radius 3 is 2.67 bits per heavy atom. The molecule has 1 aromatic rings. The Kier molecular flexibility index (Phi) is 6.32. The van der Waals surface area contributed by atoms with Crippen molar-refractivity contribution in [2.45, 2.75) is 13.0 Å². The third kappa shape index (κ3) is 5.25. The second-order valence-corrected chi connectivity index (χ2v) is 4.01. The largest absolute Gasteiger partial charge is 0.383 e. The van der Waals surface area contributed by atoms with Gasteiger partial charge < -0.3 is 15.4 Å². The van der Waals surface area contributed by atoms with E-state index in [2.05, 4.69) is 10.6 Å². The maximum absolute atomic E-state index is 12.7. The van der Waals surface area contributed by atoms with Crippen LogP contribution < -0.4 is 10.6 Å². The molecule has 0 heterocycles. The minimum atomic E-state index is -0.279. The highest BCUT2D eigenvalue weighted by Gasteiger charge is 2.08. The van der Waals surface area contributed by atoms with Gasteiger partial charge in [0, 0.05) is 13.7 Å². The van der Waals surface area contributed by atoms with Crippen LogP contribution in [0, 0.1) is 5.82 Å². The van der Waals surface area contributed by atoms with Crippen molar-refractivity contribution >= 4 is 5.91 Å². The summed E-state index contributed by atoms with van der Waals surface area (Å²) >= 11 is 0. The standard InChI is InChI=1S/C13H19FN2O2/c1-10(11-3-5-12(14)6-4-11)16-13(17)9-15-7-8-18-2/h3-6,10,15H,7-9H2,1-2H3,(H,16,17)/t10-/m1/s1. The molecule has 2 N–H and O–H groups in total.